The quantitative estimate of drug-likeness (QED) is 0.511. The fourth-order valence-corrected chi connectivity index (χ4v) is 3.97. The van der Waals surface area contributed by atoms with Crippen molar-refractivity contribution < 1.29 is 21.9 Å². The summed E-state index contributed by atoms with van der Waals surface area (Å²) in [6, 6.07) is 14.9. The molecule has 30 heavy (non-hydrogen) atoms. The number of benzene rings is 2. The fourth-order valence-electron chi connectivity index (χ4n) is 2.89. The zero-order valence-corrected chi connectivity index (χ0v) is 19.5. The summed E-state index contributed by atoms with van der Waals surface area (Å²) < 4.78 is 5.22. The van der Waals surface area contributed by atoms with E-state index in [-0.39, 0.29) is 18.3 Å². The third-order valence-corrected chi connectivity index (χ3v) is 5.64. The summed E-state index contributed by atoms with van der Waals surface area (Å²) in [4.78, 5) is 21.8. The third kappa shape index (κ3) is 5.95. The van der Waals surface area contributed by atoms with Crippen molar-refractivity contribution in [3.63, 3.8) is 0 Å². The average Bonchev–Trinajstić information content (AvgIpc) is 3.21. The number of anilines is 1. The number of carbonyl (C=O) groups excluding carboxylic acids is 1. The SMILES string of the molecule is COc1ccc(-c2csc(N(CCCN(C)C)C(=O)c3ccccc3Cl)n2)cc1.[Cl-]. The van der Waals surface area contributed by atoms with Gasteiger partial charge in [0.1, 0.15) is 5.75 Å². The highest BCUT2D eigenvalue weighted by Crippen LogP contribution is 2.30. The zero-order chi connectivity index (χ0) is 20.8. The molecule has 5 nitrogen and oxygen atoms in total. The number of halogens is 2. The molecule has 1 heterocycles. The molecule has 0 fully saturated rings. The second-order valence-corrected chi connectivity index (χ2v) is 8.08. The van der Waals surface area contributed by atoms with Crippen LogP contribution >= 0.6 is 22.9 Å². The number of aromatic nitrogens is 1. The topological polar surface area (TPSA) is 45.7 Å². The van der Waals surface area contributed by atoms with E-state index in [1.54, 1.807) is 24.1 Å². The normalized spacial score (nSPS) is 10.6. The first kappa shape index (κ1) is 24.2. The summed E-state index contributed by atoms with van der Waals surface area (Å²) in [5.74, 6) is 0.661. The Balaban J connectivity index is 0.00000320. The Morgan fingerprint density at radius 1 is 1.10 bits per heavy atom. The molecule has 0 N–H and O–H groups in total. The van der Waals surface area contributed by atoms with Crippen molar-refractivity contribution in [1.82, 2.24) is 9.88 Å². The number of rotatable bonds is 8. The average molecular weight is 465 g/mol. The fraction of sp³-hybridized carbons (Fsp3) is 0.273. The Morgan fingerprint density at radius 2 is 1.80 bits per heavy atom. The molecule has 0 radical (unpaired) electrons. The molecular weight excluding hydrogens is 441 g/mol. The molecule has 0 saturated carbocycles. The van der Waals surface area contributed by atoms with Gasteiger partial charge >= 0.3 is 0 Å². The van der Waals surface area contributed by atoms with Crippen LogP contribution in [0.2, 0.25) is 5.02 Å². The van der Waals surface area contributed by atoms with E-state index in [1.807, 2.05) is 55.9 Å². The van der Waals surface area contributed by atoms with E-state index in [9.17, 15) is 4.79 Å². The van der Waals surface area contributed by atoms with Gasteiger partial charge in [-0.2, -0.15) is 0 Å². The lowest BCUT2D eigenvalue weighted by molar-refractivity contribution is -0.0000138. The van der Waals surface area contributed by atoms with Gasteiger partial charge in [-0.05, 0) is 63.5 Å². The van der Waals surface area contributed by atoms with Crippen LogP contribution in [0.3, 0.4) is 0 Å². The summed E-state index contributed by atoms with van der Waals surface area (Å²) in [5.41, 5.74) is 2.30. The Hall–Kier alpha value is -2.12. The number of hydrogen-bond donors (Lipinski definition) is 0. The van der Waals surface area contributed by atoms with Gasteiger partial charge in [-0.1, -0.05) is 23.7 Å². The van der Waals surface area contributed by atoms with Crippen molar-refractivity contribution in [3.8, 4) is 17.0 Å². The van der Waals surface area contributed by atoms with Crippen LogP contribution in [0.5, 0.6) is 5.75 Å². The van der Waals surface area contributed by atoms with Gasteiger partial charge in [-0.3, -0.25) is 9.69 Å². The van der Waals surface area contributed by atoms with E-state index < -0.39 is 0 Å². The van der Waals surface area contributed by atoms with Gasteiger partial charge in [0, 0.05) is 17.5 Å². The Bertz CT molecular complexity index is 961. The van der Waals surface area contributed by atoms with E-state index in [2.05, 4.69) is 4.90 Å². The van der Waals surface area contributed by atoms with Crippen LogP contribution in [0.25, 0.3) is 11.3 Å². The summed E-state index contributed by atoms with van der Waals surface area (Å²) in [5, 5.41) is 3.08. The number of amides is 1. The molecule has 160 valence electrons. The minimum Gasteiger partial charge on any atom is -1.00 e. The van der Waals surface area contributed by atoms with Crippen molar-refractivity contribution >= 4 is 34.0 Å². The van der Waals surface area contributed by atoms with Gasteiger partial charge in [-0.15, -0.1) is 11.3 Å². The maximum Gasteiger partial charge on any atom is 0.261 e. The van der Waals surface area contributed by atoms with E-state index in [1.165, 1.54) is 11.3 Å². The summed E-state index contributed by atoms with van der Waals surface area (Å²) >= 11 is 7.74. The van der Waals surface area contributed by atoms with Gasteiger partial charge in [0.15, 0.2) is 5.13 Å². The highest BCUT2D eigenvalue weighted by molar-refractivity contribution is 7.14. The van der Waals surface area contributed by atoms with Gasteiger partial charge in [-0.25, -0.2) is 4.98 Å². The Labute approximate surface area is 192 Å². The lowest BCUT2D eigenvalue weighted by Crippen LogP contribution is -3.00. The molecule has 0 bridgehead atoms. The first-order valence-electron chi connectivity index (χ1n) is 9.30. The Morgan fingerprint density at radius 3 is 2.43 bits per heavy atom. The van der Waals surface area contributed by atoms with Gasteiger partial charge in [0.25, 0.3) is 5.91 Å². The summed E-state index contributed by atoms with van der Waals surface area (Å²) in [6.07, 6.45) is 0.834. The van der Waals surface area contributed by atoms with Crippen LogP contribution in [0.4, 0.5) is 5.13 Å². The highest BCUT2D eigenvalue weighted by atomic mass is 35.5. The molecule has 1 aromatic heterocycles. The number of carbonyl (C=O) groups is 1. The van der Waals surface area contributed by atoms with Crippen LogP contribution in [0.15, 0.2) is 53.9 Å². The minimum atomic E-state index is -0.134. The molecule has 2 aromatic carbocycles. The zero-order valence-electron chi connectivity index (χ0n) is 17.1. The molecule has 3 aromatic rings. The van der Waals surface area contributed by atoms with Crippen LogP contribution in [0, 0.1) is 0 Å². The summed E-state index contributed by atoms with van der Waals surface area (Å²) in [7, 11) is 5.68. The maximum absolute atomic E-state index is 13.2. The van der Waals surface area contributed by atoms with Gasteiger partial charge in [0.2, 0.25) is 0 Å². The molecule has 0 spiro atoms. The second kappa shape index (κ2) is 11.3. The first-order valence-corrected chi connectivity index (χ1v) is 10.6. The smallest absolute Gasteiger partial charge is 0.261 e. The van der Waals surface area contributed by atoms with E-state index >= 15 is 0 Å². The van der Waals surface area contributed by atoms with Crippen molar-refractivity contribution in [2.75, 3.05) is 39.2 Å². The maximum atomic E-state index is 13.2. The predicted octanol–water partition coefficient (Wildman–Crippen LogP) is 2.07. The van der Waals surface area contributed by atoms with Gasteiger partial charge < -0.3 is 22.0 Å². The number of thiazole rings is 1. The monoisotopic (exact) mass is 464 g/mol. The molecule has 0 saturated heterocycles. The molecule has 3 rings (SSSR count). The van der Waals surface area contributed by atoms with Crippen LogP contribution in [0.1, 0.15) is 16.8 Å². The number of hydrogen-bond acceptors (Lipinski definition) is 5. The Kier molecular flexibility index (Phi) is 9.11. The standard InChI is InChI=1S/C22H24ClN3O2S.ClH/c1-25(2)13-6-14-26(21(27)18-7-4-5-8-19(18)23)22-24-20(15-29-22)16-9-11-17(28-3)12-10-16;/h4-5,7-12,15H,6,13-14H2,1-3H3;1H/p-1. The molecule has 0 atom stereocenters. The largest absolute Gasteiger partial charge is 1.00 e. The van der Waals surface area contributed by atoms with Crippen molar-refractivity contribution in [1.29, 1.82) is 0 Å². The predicted molar refractivity (Wildman–Crippen MR) is 120 cm³/mol. The lowest BCUT2D eigenvalue weighted by Gasteiger charge is -2.21. The van der Waals surface area contributed by atoms with Crippen molar-refractivity contribution in [2.45, 2.75) is 6.42 Å². The van der Waals surface area contributed by atoms with Crippen molar-refractivity contribution in [3.05, 3.63) is 64.5 Å². The van der Waals surface area contributed by atoms with Crippen LogP contribution in [-0.4, -0.2) is 50.1 Å². The first-order chi connectivity index (χ1) is 14.0. The van der Waals surface area contributed by atoms with Crippen LogP contribution in [-0.2, 0) is 0 Å². The van der Waals surface area contributed by atoms with E-state index in [4.69, 9.17) is 21.3 Å². The van der Waals surface area contributed by atoms with E-state index in [0.29, 0.717) is 22.3 Å². The summed E-state index contributed by atoms with van der Waals surface area (Å²) in [6.45, 7) is 1.45. The molecule has 8 heteroatoms. The van der Waals surface area contributed by atoms with Gasteiger partial charge in [0.05, 0.1) is 23.4 Å². The molecule has 0 unspecified atom stereocenters. The molecule has 0 aliphatic heterocycles. The lowest BCUT2D eigenvalue weighted by atomic mass is 10.2. The van der Waals surface area contributed by atoms with Crippen molar-refractivity contribution in [2.24, 2.45) is 0 Å². The third-order valence-electron chi connectivity index (χ3n) is 4.45. The minimum absolute atomic E-state index is 0. The van der Waals surface area contributed by atoms with Crippen LogP contribution < -0.4 is 22.0 Å². The molecule has 0 aliphatic carbocycles. The molecule has 0 aliphatic rings. The number of methoxy groups -OCH3 is 1. The molecule has 1 amide bonds. The molecular formula is C22H24Cl2N3O2S-. The highest BCUT2D eigenvalue weighted by Gasteiger charge is 2.22. The second-order valence-electron chi connectivity index (χ2n) is 6.84. The van der Waals surface area contributed by atoms with E-state index in [0.717, 1.165) is 30.0 Å². The number of ether oxygens (including phenoxy) is 1. The number of nitrogens with zero attached hydrogens (tertiary/aromatic N) is 3.